The normalized spacial score (nSPS) is 20.7. The van der Waals surface area contributed by atoms with Gasteiger partial charge in [0.25, 0.3) is 0 Å². The van der Waals surface area contributed by atoms with Crippen LogP contribution >= 0.6 is 0 Å². The van der Waals surface area contributed by atoms with Gasteiger partial charge in [0.2, 0.25) is 21.8 Å². The third-order valence-electron chi connectivity index (χ3n) is 7.72. The molecule has 2 aromatic rings. The van der Waals surface area contributed by atoms with E-state index in [4.69, 9.17) is 9.47 Å². The molecule has 1 saturated carbocycles. The lowest BCUT2D eigenvalue weighted by Gasteiger charge is -2.26. The van der Waals surface area contributed by atoms with E-state index in [2.05, 4.69) is 15.6 Å². The van der Waals surface area contributed by atoms with Crippen LogP contribution in [0.15, 0.2) is 30.6 Å². The monoisotopic (exact) mass is 589 g/mol. The summed E-state index contributed by atoms with van der Waals surface area (Å²) >= 11 is 0. The van der Waals surface area contributed by atoms with Crippen molar-refractivity contribution >= 4 is 21.8 Å². The van der Waals surface area contributed by atoms with Crippen molar-refractivity contribution < 1.29 is 27.5 Å². The van der Waals surface area contributed by atoms with Gasteiger partial charge in [0.05, 0.1) is 26.0 Å². The summed E-state index contributed by atoms with van der Waals surface area (Å²) < 4.78 is 41.7. The number of nitrogens with zero attached hydrogens (tertiary/aromatic N) is 3. The summed E-state index contributed by atoms with van der Waals surface area (Å²) in [4.78, 5) is 30.7. The Hall–Kier alpha value is -3.12. The van der Waals surface area contributed by atoms with Crippen molar-refractivity contribution in [2.75, 3.05) is 39.1 Å². The minimum Gasteiger partial charge on any atom is -0.493 e. The zero-order valence-corrected chi connectivity index (χ0v) is 25.1. The van der Waals surface area contributed by atoms with Crippen LogP contribution in [0.2, 0.25) is 0 Å². The standard InChI is InChI=1S/C29H43N5O6S/c1-21(2)27-29(36)31-12-6-14-33-16-13-30-28(33)23-10-11-24(39-3)25(18-23)40-17-7-15-34(19-26(35)32-27)41(37,38)20-22-8-4-5-9-22/h10-11,13,16,18,21-22,27H,4-9,12,14-15,17,19-20H2,1-3H3,(H,31,36)(H,32,35)/t27-/m1/s1. The molecule has 1 aromatic carbocycles. The van der Waals surface area contributed by atoms with E-state index in [9.17, 15) is 18.0 Å². The fourth-order valence-electron chi connectivity index (χ4n) is 5.48. The van der Waals surface area contributed by atoms with Gasteiger partial charge in [-0.15, -0.1) is 0 Å². The molecule has 1 fully saturated rings. The Balaban J connectivity index is 1.59. The number of carbonyl (C=O) groups excluding carboxylic acids is 2. The predicted molar refractivity (Wildman–Crippen MR) is 156 cm³/mol. The highest BCUT2D eigenvalue weighted by molar-refractivity contribution is 7.89. The van der Waals surface area contributed by atoms with Gasteiger partial charge in [0.15, 0.2) is 11.5 Å². The van der Waals surface area contributed by atoms with Crippen LogP contribution in [0.4, 0.5) is 0 Å². The third-order valence-corrected chi connectivity index (χ3v) is 9.71. The van der Waals surface area contributed by atoms with Crippen molar-refractivity contribution in [2.45, 2.75) is 65.0 Å². The molecule has 41 heavy (non-hydrogen) atoms. The summed E-state index contributed by atoms with van der Waals surface area (Å²) in [6.45, 7) is 4.75. The highest BCUT2D eigenvalue weighted by atomic mass is 32.2. The fraction of sp³-hybridized carbons (Fsp3) is 0.621. The highest BCUT2D eigenvalue weighted by Gasteiger charge is 2.31. The smallest absolute Gasteiger partial charge is 0.242 e. The number of imidazole rings is 1. The highest BCUT2D eigenvalue weighted by Crippen LogP contribution is 2.32. The van der Waals surface area contributed by atoms with Gasteiger partial charge in [0.1, 0.15) is 11.9 Å². The van der Waals surface area contributed by atoms with E-state index in [1.165, 1.54) is 4.31 Å². The number of ether oxygens (including phenoxy) is 2. The van der Waals surface area contributed by atoms with Gasteiger partial charge in [-0.1, -0.05) is 26.7 Å². The van der Waals surface area contributed by atoms with Crippen LogP contribution in [0.1, 0.15) is 52.4 Å². The molecule has 0 unspecified atom stereocenters. The van der Waals surface area contributed by atoms with Gasteiger partial charge < -0.3 is 24.7 Å². The Kier molecular flexibility index (Phi) is 10.7. The van der Waals surface area contributed by atoms with Crippen molar-refractivity contribution in [2.24, 2.45) is 11.8 Å². The molecule has 2 N–H and O–H groups in total. The van der Waals surface area contributed by atoms with Gasteiger partial charge in [-0.25, -0.2) is 13.4 Å². The van der Waals surface area contributed by atoms with E-state index < -0.39 is 22.0 Å². The average Bonchev–Trinajstić information content (AvgIpc) is 3.62. The number of sulfonamides is 1. The van der Waals surface area contributed by atoms with Gasteiger partial charge in [-0.3, -0.25) is 9.59 Å². The Morgan fingerprint density at radius 2 is 1.90 bits per heavy atom. The molecule has 0 spiro atoms. The number of amides is 2. The summed E-state index contributed by atoms with van der Waals surface area (Å²) in [5.41, 5.74) is 0.850. The van der Waals surface area contributed by atoms with E-state index in [1.807, 2.05) is 42.8 Å². The van der Waals surface area contributed by atoms with Crippen molar-refractivity contribution in [1.82, 2.24) is 24.5 Å². The first-order chi connectivity index (χ1) is 19.7. The number of hydrogen-bond acceptors (Lipinski definition) is 7. The Labute approximate surface area is 243 Å². The molecule has 1 aliphatic heterocycles. The molecule has 1 atom stereocenters. The summed E-state index contributed by atoms with van der Waals surface area (Å²) in [5, 5.41) is 5.71. The van der Waals surface area contributed by atoms with Crippen LogP contribution in [-0.2, 0) is 26.2 Å². The molecule has 2 aliphatic rings. The quantitative estimate of drug-likeness (QED) is 0.548. The number of benzene rings is 1. The number of aromatic nitrogens is 2. The van der Waals surface area contributed by atoms with E-state index in [0.29, 0.717) is 37.4 Å². The Bertz CT molecular complexity index is 1290. The lowest BCUT2D eigenvalue weighted by molar-refractivity contribution is -0.130. The maximum atomic E-state index is 13.5. The van der Waals surface area contributed by atoms with Crippen LogP contribution in [0.5, 0.6) is 11.5 Å². The molecule has 11 nitrogen and oxygen atoms in total. The first-order valence-corrected chi connectivity index (χ1v) is 16.2. The van der Waals surface area contributed by atoms with Crippen molar-refractivity contribution in [3.05, 3.63) is 30.6 Å². The van der Waals surface area contributed by atoms with E-state index in [1.54, 1.807) is 13.3 Å². The molecule has 2 amide bonds. The second kappa shape index (κ2) is 14.2. The molecule has 2 bridgehead atoms. The molecule has 4 rings (SSSR count). The lowest BCUT2D eigenvalue weighted by atomic mass is 10.0. The van der Waals surface area contributed by atoms with Crippen LogP contribution in [0, 0.1) is 11.8 Å². The summed E-state index contributed by atoms with van der Waals surface area (Å²) in [5.74, 6) is 1.02. The first-order valence-electron chi connectivity index (χ1n) is 14.5. The summed E-state index contributed by atoms with van der Waals surface area (Å²) in [6, 6.07) is 4.82. The minimum absolute atomic E-state index is 0.0255. The topological polar surface area (TPSA) is 132 Å². The predicted octanol–water partition coefficient (Wildman–Crippen LogP) is 2.81. The maximum Gasteiger partial charge on any atom is 0.242 e. The number of nitrogens with one attached hydrogen (secondary N) is 2. The molecular weight excluding hydrogens is 546 g/mol. The van der Waals surface area contributed by atoms with E-state index in [-0.39, 0.29) is 43.2 Å². The molecule has 1 aromatic heterocycles. The van der Waals surface area contributed by atoms with Crippen molar-refractivity contribution in [3.63, 3.8) is 0 Å². The van der Waals surface area contributed by atoms with E-state index >= 15 is 0 Å². The zero-order chi connectivity index (χ0) is 29.4. The molecule has 0 saturated heterocycles. The molecule has 1 aliphatic carbocycles. The van der Waals surface area contributed by atoms with Crippen LogP contribution < -0.4 is 20.1 Å². The molecule has 12 heteroatoms. The second-order valence-corrected chi connectivity index (χ2v) is 13.2. The number of fused-ring (bicyclic) bond motifs is 4. The van der Waals surface area contributed by atoms with Crippen molar-refractivity contribution in [3.8, 4) is 22.9 Å². The Morgan fingerprint density at radius 3 is 2.63 bits per heavy atom. The second-order valence-electron chi connectivity index (χ2n) is 11.2. The third kappa shape index (κ3) is 8.22. The minimum atomic E-state index is -3.70. The van der Waals surface area contributed by atoms with Gasteiger partial charge in [-0.2, -0.15) is 4.31 Å². The number of rotatable bonds is 5. The molecule has 226 valence electrons. The van der Waals surface area contributed by atoms with Crippen LogP contribution in [0.25, 0.3) is 11.4 Å². The average molecular weight is 590 g/mol. The SMILES string of the molecule is COc1ccc2cc1OCCCN(S(=O)(=O)CC1CCCC1)CC(=O)N[C@H](C(C)C)C(=O)NCCCn1ccnc1-2. The number of aryl methyl sites for hydroxylation is 1. The lowest BCUT2D eigenvalue weighted by Crippen LogP contribution is -2.53. The molecule has 0 radical (unpaired) electrons. The summed E-state index contributed by atoms with van der Waals surface area (Å²) in [7, 11) is -2.13. The zero-order valence-electron chi connectivity index (χ0n) is 24.3. The number of carbonyl (C=O) groups is 2. The van der Waals surface area contributed by atoms with Crippen LogP contribution in [-0.4, -0.2) is 79.2 Å². The largest absolute Gasteiger partial charge is 0.493 e. The van der Waals surface area contributed by atoms with E-state index in [0.717, 1.165) is 37.1 Å². The summed E-state index contributed by atoms with van der Waals surface area (Å²) in [6.07, 6.45) is 8.46. The van der Waals surface area contributed by atoms with Gasteiger partial charge >= 0.3 is 0 Å². The first kappa shape index (κ1) is 30.8. The molecule has 2 heterocycles. The fourth-order valence-corrected chi connectivity index (χ4v) is 7.34. The molecular formula is C29H43N5O6S. The van der Waals surface area contributed by atoms with Crippen LogP contribution in [0.3, 0.4) is 0 Å². The maximum absolute atomic E-state index is 13.5. The van der Waals surface area contributed by atoms with Crippen molar-refractivity contribution in [1.29, 1.82) is 0 Å². The van der Waals surface area contributed by atoms with Gasteiger partial charge in [-0.05, 0) is 55.7 Å². The van der Waals surface area contributed by atoms with Gasteiger partial charge in [0, 0.05) is 37.6 Å². The number of methoxy groups -OCH3 is 1. The number of hydrogen-bond donors (Lipinski definition) is 2. The Morgan fingerprint density at radius 1 is 1.12 bits per heavy atom.